The van der Waals surface area contributed by atoms with Gasteiger partial charge >= 0.3 is 0 Å². The Morgan fingerprint density at radius 2 is 1.96 bits per heavy atom. The maximum absolute atomic E-state index is 13.9. The third kappa shape index (κ3) is 4.01. The lowest BCUT2D eigenvalue weighted by atomic mass is 10.1. The number of rotatable bonds is 5. The van der Waals surface area contributed by atoms with Crippen LogP contribution in [0.3, 0.4) is 0 Å². The molecule has 0 aliphatic carbocycles. The van der Waals surface area contributed by atoms with Gasteiger partial charge in [0.2, 0.25) is 0 Å². The van der Waals surface area contributed by atoms with Crippen LogP contribution in [0.5, 0.6) is 0 Å². The zero-order valence-electron chi connectivity index (χ0n) is 16.8. The van der Waals surface area contributed by atoms with Crippen molar-refractivity contribution >= 4 is 0 Å². The number of halogens is 1. The van der Waals surface area contributed by atoms with Crippen LogP contribution in [0, 0.1) is 12.7 Å². The van der Waals surface area contributed by atoms with Gasteiger partial charge in [0, 0.05) is 43.0 Å². The van der Waals surface area contributed by atoms with E-state index in [2.05, 4.69) is 55.2 Å². The van der Waals surface area contributed by atoms with E-state index in [-0.39, 0.29) is 5.82 Å². The van der Waals surface area contributed by atoms with E-state index in [9.17, 15) is 4.39 Å². The third-order valence-electron chi connectivity index (χ3n) is 5.53. The first-order valence-electron chi connectivity index (χ1n) is 9.80. The van der Waals surface area contributed by atoms with Gasteiger partial charge in [0.1, 0.15) is 5.82 Å². The smallest absolute Gasteiger partial charge is 0.123 e. The molecular formula is C23H27FN4. The molecule has 0 spiro atoms. The maximum Gasteiger partial charge on any atom is 0.123 e. The number of likely N-dealkylation sites (N-methyl/N-ethyl adjacent to an activating group) is 1. The third-order valence-corrected chi connectivity index (χ3v) is 5.53. The number of hydrogen-bond acceptors (Lipinski definition) is 3. The van der Waals surface area contributed by atoms with E-state index < -0.39 is 0 Å². The Balaban J connectivity index is 1.69. The van der Waals surface area contributed by atoms with E-state index in [4.69, 9.17) is 5.10 Å². The Kier molecular flexibility index (Phi) is 5.29. The highest BCUT2D eigenvalue weighted by atomic mass is 19.1. The van der Waals surface area contributed by atoms with E-state index in [0.717, 1.165) is 42.1 Å². The van der Waals surface area contributed by atoms with Crippen molar-refractivity contribution in [1.82, 2.24) is 19.6 Å². The van der Waals surface area contributed by atoms with Gasteiger partial charge in [-0.25, -0.2) is 9.07 Å². The molecule has 1 aliphatic rings. The summed E-state index contributed by atoms with van der Waals surface area (Å²) in [6.45, 7) is 5.02. The molecule has 1 fully saturated rings. The minimum Gasteiger partial charge on any atom is -0.305 e. The molecule has 1 saturated heterocycles. The molecule has 1 aliphatic heterocycles. The van der Waals surface area contributed by atoms with Crippen molar-refractivity contribution in [2.45, 2.75) is 25.9 Å². The largest absolute Gasteiger partial charge is 0.305 e. The van der Waals surface area contributed by atoms with Gasteiger partial charge in [-0.1, -0.05) is 24.3 Å². The molecule has 3 aromatic rings. The van der Waals surface area contributed by atoms with Crippen LogP contribution < -0.4 is 0 Å². The molecule has 4 nitrogen and oxygen atoms in total. The van der Waals surface area contributed by atoms with Crippen molar-refractivity contribution in [1.29, 1.82) is 0 Å². The first kappa shape index (κ1) is 18.8. The van der Waals surface area contributed by atoms with Gasteiger partial charge in [-0.05, 0) is 57.3 Å². The Morgan fingerprint density at radius 3 is 2.68 bits per heavy atom. The second-order valence-electron chi connectivity index (χ2n) is 7.94. The molecule has 1 aromatic heterocycles. The Hall–Kier alpha value is -2.50. The molecule has 28 heavy (non-hydrogen) atoms. The summed E-state index contributed by atoms with van der Waals surface area (Å²) in [5.41, 5.74) is 5.03. The summed E-state index contributed by atoms with van der Waals surface area (Å²) in [5.74, 6) is -0.234. The lowest BCUT2D eigenvalue weighted by Crippen LogP contribution is -2.31. The zero-order valence-corrected chi connectivity index (χ0v) is 16.8. The average molecular weight is 378 g/mol. The van der Waals surface area contributed by atoms with Crippen LogP contribution >= 0.6 is 0 Å². The second-order valence-corrected chi connectivity index (χ2v) is 7.94. The van der Waals surface area contributed by atoms with Crippen LogP contribution in [-0.2, 0) is 6.54 Å². The van der Waals surface area contributed by atoms with Gasteiger partial charge in [0.25, 0.3) is 0 Å². The molecule has 1 atom stereocenters. The number of nitrogens with zero attached hydrogens (tertiary/aromatic N) is 4. The first-order chi connectivity index (χ1) is 13.5. The SMILES string of the molecule is Cc1cccc(-n2cc(CN3CCC(N(C)C)C3)c(-c3cccc(F)c3)n2)c1. The summed E-state index contributed by atoms with van der Waals surface area (Å²) >= 11 is 0. The van der Waals surface area contributed by atoms with E-state index in [1.54, 1.807) is 12.1 Å². The summed E-state index contributed by atoms with van der Waals surface area (Å²) < 4.78 is 15.8. The molecule has 2 heterocycles. The topological polar surface area (TPSA) is 24.3 Å². The predicted octanol–water partition coefficient (Wildman–Crippen LogP) is 4.12. The fraction of sp³-hybridized carbons (Fsp3) is 0.348. The molecule has 0 amide bonds. The second kappa shape index (κ2) is 7.86. The number of aryl methyl sites for hydroxylation is 1. The van der Waals surface area contributed by atoms with Gasteiger partial charge in [-0.3, -0.25) is 4.90 Å². The van der Waals surface area contributed by atoms with Crippen molar-refractivity contribution in [2.75, 3.05) is 27.2 Å². The lowest BCUT2D eigenvalue weighted by molar-refractivity contribution is 0.265. The van der Waals surface area contributed by atoms with Crippen LogP contribution in [0.4, 0.5) is 4.39 Å². The maximum atomic E-state index is 13.9. The van der Waals surface area contributed by atoms with E-state index in [1.807, 2.05) is 16.8 Å². The fourth-order valence-electron chi connectivity index (χ4n) is 3.93. The van der Waals surface area contributed by atoms with Gasteiger partial charge < -0.3 is 4.90 Å². The van der Waals surface area contributed by atoms with E-state index in [0.29, 0.717) is 6.04 Å². The Morgan fingerprint density at radius 1 is 1.14 bits per heavy atom. The number of benzene rings is 2. The number of likely N-dealkylation sites (tertiary alicyclic amines) is 1. The number of hydrogen-bond donors (Lipinski definition) is 0. The molecular weight excluding hydrogens is 351 g/mol. The summed E-state index contributed by atoms with van der Waals surface area (Å²) in [6.07, 6.45) is 3.27. The zero-order chi connectivity index (χ0) is 19.7. The quantitative estimate of drug-likeness (QED) is 0.667. The summed E-state index contributed by atoms with van der Waals surface area (Å²) in [6, 6.07) is 15.6. The van der Waals surface area contributed by atoms with E-state index >= 15 is 0 Å². The molecule has 0 saturated carbocycles. The van der Waals surface area contributed by atoms with Gasteiger partial charge in [0.15, 0.2) is 0 Å². The van der Waals surface area contributed by atoms with Crippen LogP contribution in [0.1, 0.15) is 17.5 Å². The van der Waals surface area contributed by atoms with Crippen molar-refractivity contribution in [3.63, 3.8) is 0 Å². The summed E-state index contributed by atoms with van der Waals surface area (Å²) in [4.78, 5) is 4.76. The van der Waals surface area contributed by atoms with Crippen LogP contribution in [0.2, 0.25) is 0 Å². The monoisotopic (exact) mass is 378 g/mol. The van der Waals surface area contributed by atoms with Crippen LogP contribution in [-0.4, -0.2) is 52.8 Å². The average Bonchev–Trinajstić information content (AvgIpc) is 3.29. The highest BCUT2D eigenvalue weighted by Gasteiger charge is 2.25. The first-order valence-corrected chi connectivity index (χ1v) is 9.80. The van der Waals surface area contributed by atoms with Crippen LogP contribution in [0.25, 0.3) is 16.9 Å². The highest BCUT2D eigenvalue weighted by molar-refractivity contribution is 5.63. The lowest BCUT2D eigenvalue weighted by Gasteiger charge is -2.20. The minimum absolute atomic E-state index is 0.234. The minimum atomic E-state index is -0.234. The van der Waals surface area contributed by atoms with Crippen molar-refractivity contribution in [3.05, 3.63) is 71.7 Å². The summed E-state index contributed by atoms with van der Waals surface area (Å²) in [5, 5.41) is 4.84. The highest BCUT2D eigenvalue weighted by Crippen LogP contribution is 2.27. The summed E-state index contributed by atoms with van der Waals surface area (Å²) in [7, 11) is 4.28. The molecule has 4 rings (SSSR count). The van der Waals surface area contributed by atoms with Gasteiger partial charge in [-0.2, -0.15) is 5.10 Å². The Labute approximate surface area is 166 Å². The molecule has 0 N–H and O–H groups in total. The predicted molar refractivity (Wildman–Crippen MR) is 111 cm³/mol. The van der Waals surface area contributed by atoms with Crippen LogP contribution in [0.15, 0.2) is 54.7 Å². The standard InChI is InChI=1S/C23H27FN4/c1-17-6-4-9-21(12-17)28-15-19(14-27-11-10-22(16-27)26(2)3)23(25-28)18-7-5-8-20(24)13-18/h4-9,12-13,15,22H,10-11,14,16H2,1-3H3. The van der Waals surface area contributed by atoms with E-state index in [1.165, 1.54) is 18.1 Å². The fourth-order valence-corrected chi connectivity index (χ4v) is 3.93. The van der Waals surface area contributed by atoms with Crippen molar-refractivity contribution in [2.24, 2.45) is 0 Å². The number of aromatic nitrogens is 2. The molecule has 5 heteroatoms. The normalized spacial score (nSPS) is 17.5. The molecule has 2 aromatic carbocycles. The Bertz CT molecular complexity index is 963. The van der Waals surface area contributed by atoms with Crippen molar-refractivity contribution in [3.8, 4) is 16.9 Å². The van der Waals surface area contributed by atoms with Gasteiger partial charge in [-0.15, -0.1) is 0 Å². The molecule has 1 unspecified atom stereocenters. The molecule has 0 bridgehead atoms. The van der Waals surface area contributed by atoms with Gasteiger partial charge in [0.05, 0.1) is 11.4 Å². The van der Waals surface area contributed by atoms with Crippen molar-refractivity contribution < 1.29 is 4.39 Å². The molecule has 0 radical (unpaired) electrons. The molecule has 146 valence electrons.